The topological polar surface area (TPSA) is 81.7 Å². The summed E-state index contributed by atoms with van der Waals surface area (Å²) in [6.45, 7) is 4.35. The fourth-order valence-electron chi connectivity index (χ4n) is 3.28. The van der Waals surface area contributed by atoms with E-state index in [1.807, 2.05) is 0 Å². The summed E-state index contributed by atoms with van der Waals surface area (Å²) in [5.74, 6) is -0.815. The van der Waals surface area contributed by atoms with E-state index in [1.165, 1.54) is 0 Å². The molecule has 2 aliphatic rings. The van der Waals surface area contributed by atoms with Crippen LogP contribution in [0.25, 0.3) is 0 Å². The van der Waals surface area contributed by atoms with E-state index < -0.39 is 11.4 Å². The van der Waals surface area contributed by atoms with E-state index in [4.69, 9.17) is 0 Å². The van der Waals surface area contributed by atoms with Gasteiger partial charge >= 0.3 is 5.97 Å². The van der Waals surface area contributed by atoms with Gasteiger partial charge in [-0.15, -0.1) is 0 Å². The van der Waals surface area contributed by atoms with Crippen molar-refractivity contribution in [2.75, 3.05) is 39.3 Å². The highest BCUT2D eigenvalue weighted by Gasteiger charge is 2.39. The lowest BCUT2D eigenvalue weighted by molar-refractivity contribution is -0.151. The number of rotatable bonds is 5. The van der Waals surface area contributed by atoms with Crippen LogP contribution in [-0.4, -0.2) is 61.2 Å². The number of nitrogens with zero attached hydrogens (tertiary/aromatic N) is 1. The van der Waals surface area contributed by atoms with Crippen LogP contribution >= 0.6 is 0 Å². The summed E-state index contributed by atoms with van der Waals surface area (Å²) in [5.41, 5.74) is -0.742. The van der Waals surface area contributed by atoms with Crippen molar-refractivity contribution in [3.05, 3.63) is 0 Å². The molecule has 0 bridgehead atoms. The first-order chi connectivity index (χ1) is 10.1. The Balaban J connectivity index is 1.79. The number of amides is 1. The van der Waals surface area contributed by atoms with Crippen LogP contribution in [0, 0.1) is 5.41 Å². The maximum Gasteiger partial charge on any atom is 0.311 e. The van der Waals surface area contributed by atoms with Gasteiger partial charge in [-0.25, -0.2) is 0 Å². The zero-order chi connectivity index (χ0) is 15.1. The molecule has 120 valence electrons. The Labute approximate surface area is 126 Å². The zero-order valence-corrected chi connectivity index (χ0v) is 12.7. The number of carboxylic acids is 1. The van der Waals surface area contributed by atoms with Gasteiger partial charge in [-0.05, 0) is 32.4 Å². The summed E-state index contributed by atoms with van der Waals surface area (Å²) in [6, 6.07) is 0. The number of hydrogen-bond donors (Lipinski definition) is 3. The molecule has 1 saturated carbocycles. The predicted molar refractivity (Wildman–Crippen MR) is 80.1 cm³/mol. The van der Waals surface area contributed by atoms with Crippen molar-refractivity contribution >= 4 is 11.9 Å². The summed E-state index contributed by atoms with van der Waals surface area (Å²) in [7, 11) is 0. The molecule has 0 aromatic heterocycles. The Morgan fingerprint density at radius 2 is 1.86 bits per heavy atom. The van der Waals surface area contributed by atoms with Gasteiger partial charge in [-0.1, -0.05) is 19.3 Å². The molecule has 1 heterocycles. The fraction of sp³-hybridized carbons (Fsp3) is 0.867. The van der Waals surface area contributed by atoms with Gasteiger partial charge in [0.1, 0.15) is 0 Å². The molecule has 2 fully saturated rings. The molecule has 0 aromatic rings. The minimum Gasteiger partial charge on any atom is -0.481 e. The van der Waals surface area contributed by atoms with E-state index in [0.717, 1.165) is 51.9 Å². The van der Waals surface area contributed by atoms with Crippen molar-refractivity contribution in [2.24, 2.45) is 5.41 Å². The lowest BCUT2D eigenvalue weighted by atomic mass is 9.74. The Bertz CT molecular complexity index is 359. The van der Waals surface area contributed by atoms with E-state index in [9.17, 15) is 14.7 Å². The average Bonchev–Trinajstić information content (AvgIpc) is 2.74. The average molecular weight is 297 g/mol. The molecule has 6 nitrogen and oxygen atoms in total. The van der Waals surface area contributed by atoms with Crippen LogP contribution in [0.1, 0.15) is 38.5 Å². The van der Waals surface area contributed by atoms with E-state index in [-0.39, 0.29) is 12.5 Å². The Morgan fingerprint density at radius 1 is 1.10 bits per heavy atom. The zero-order valence-electron chi connectivity index (χ0n) is 12.7. The van der Waals surface area contributed by atoms with Gasteiger partial charge in [-0.2, -0.15) is 0 Å². The summed E-state index contributed by atoms with van der Waals surface area (Å²) < 4.78 is 0. The Morgan fingerprint density at radius 3 is 2.57 bits per heavy atom. The Hall–Kier alpha value is -1.14. The van der Waals surface area contributed by atoms with Gasteiger partial charge in [0.05, 0.1) is 12.0 Å². The Kier molecular flexibility index (Phi) is 5.99. The predicted octanol–water partition coefficient (Wildman–Crippen LogP) is 0.433. The van der Waals surface area contributed by atoms with Crippen molar-refractivity contribution in [2.45, 2.75) is 38.5 Å². The van der Waals surface area contributed by atoms with Crippen LogP contribution in [0.2, 0.25) is 0 Å². The van der Waals surface area contributed by atoms with Gasteiger partial charge in [0.15, 0.2) is 0 Å². The van der Waals surface area contributed by atoms with E-state index >= 15 is 0 Å². The smallest absolute Gasteiger partial charge is 0.311 e. The molecule has 1 aliphatic heterocycles. The highest BCUT2D eigenvalue weighted by atomic mass is 16.4. The summed E-state index contributed by atoms with van der Waals surface area (Å²) >= 11 is 0. The number of carbonyl (C=O) groups excluding carboxylic acids is 1. The molecule has 0 radical (unpaired) electrons. The standard InChI is InChI=1S/C15H27N3O3/c19-13(11-18-9-4-7-16-8-10-18)17-12-15(14(20)21)5-2-1-3-6-15/h16H,1-12H2,(H,17,19)(H,20,21). The third-order valence-corrected chi connectivity index (χ3v) is 4.69. The van der Waals surface area contributed by atoms with Crippen LogP contribution in [0.5, 0.6) is 0 Å². The van der Waals surface area contributed by atoms with E-state index in [2.05, 4.69) is 15.5 Å². The maximum absolute atomic E-state index is 12.1. The van der Waals surface area contributed by atoms with Gasteiger partial charge in [0.25, 0.3) is 0 Å². The van der Waals surface area contributed by atoms with Crippen molar-refractivity contribution in [3.63, 3.8) is 0 Å². The molecule has 0 unspecified atom stereocenters. The van der Waals surface area contributed by atoms with Crippen molar-refractivity contribution in [1.82, 2.24) is 15.5 Å². The van der Waals surface area contributed by atoms with E-state index in [1.54, 1.807) is 0 Å². The maximum atomic E-state index is 12.1. The summed E-state index contributed by atoms with van der Waals surface area (Å²) in [4.78, 5) is 25.7. The quantitative estimate of drug-likeness (QED) is 0.686. The van der Waals surface area contributed by atoms with Gasteiger partial charge in [0.2, 0.25) is 5.91 Å². The summed E-state index contributed by atoms with van der Waals surface area (Å²) in [6.07, 6.45) is 5.39. The largest absolute Gasteiger partial charge is 0.481 e. The van der Waals surface area contributed by atoms with Crippen molar-refractivity contribution in [1.29, 1.82) is 0 Å². The number of carboxylic acid groups (broad SMARTS) is 1. The van der Waals surface area contributed by atoms with Crippen LogP contribution in [0.15, 0.2) is 0 Å². The first kappa shape index (κ1) is 16.2. The molecule has 0 spiro atoms. The van der Waals surface area contributed by atoms with Gasteiger partial charge in [-0.3, -0.25) is 14.5 Å². The SMILES string of the molecule is O=C(CN1CCCNCC1)NCC1(C(=O)O)CCCCC1. The molecule has 2 rings (SSSR count). The highest BCUT2D eigenvalue weighted by Crippen LogP contribution is 2.35. The monoisotopic (exact) mass is 297 g/mol. The highest BCUT2D eigenvalue weighted by molar-refractivity contribution is 5.80. The van der Waals surface area contributed by atoms with Crippen molar-refractivity contribution in [3.8, 4) is 0 Å². The minimum atomic E-state index is -0.763. The van der Waals surface area contributed by atoms with Gasteiger partial charge in [0, 0.05) is 19.6 Å². The second-order valence-electron chi connectivity index (χ2n) is 6.30. The van der Waals surface area contributed by atoms with Crippen LogP contribution in [0.4, 0.5) is 0 Å². The molecule has 1 saturated heterocycles. The number of carbonyl (C=O) groups is 2. The van der Waals surface area contributed by atoms with Gasteiger partial charge < -0.3 is 15.7 Å². The van der Waals surface area contributed by atoms with Crippen LogP contribution in [0.3, 0.4) is 0 Å². The first-order valence-electron chi connectivity index (χ1n) is 8.06. The normalized spacial score (nSPS) is 23.2. The number of aliphatic carboxylic acids is 1. The third-order valence-electron chi connectivity index (χ3n) is 4.69. The minimum absolute atomic E-state index is 0.0527. The molecule has 3 N–H and O–H groups in total. The molecule has 0 atom stereocenters. The molecular weight excluding hydrogens is 270 g/mol. The molecule has 1 aliphatic carbocycles. The number of nitrogens with one attached hydrogen (secondary N) is 2. The number of hydrogen-bond acceptors (Lipinski definition) is 4. The molecule has 0 aromatic carbocycles. The van der Waals surface area contributed by atoms with Crippen LogP contribution in [-0.2, 0) is 9.59 Å². The molecular formula is C15H27N3O3. The van der Waals surface area contributed by atoms with Crippen LogP contribution < -0.4 is 10.6 Å². The van der Waals surface area contributed by atoms with E-state index in [0.29, 0.717) is 19.4 Å². The lowest BCUT2D eigenvalue weighted by Crippen LogP contribution is -2.47. The fourth-order valence-corrected chi connectivity index (χ4v) is 3.28. The summed E-state index contributed by atoms with van der Waals surface area (Å²) in [5, 5.41) is 15.7. The second kappa shape index (κ2) is 7.75. The van der Waals surface area contributed by atoms with Crippen molar-refractivity contribution < 1.29 is 14.7 Å². The molecule has 1 amide bonds. The molecule has 21 heavy (non-hydrogen) atoms. The first-order valence-corrected chi connectivity index (χ1v) is 8.06. The second-order valence-corrected chi connectivity index (χ2v) is 6.30. The molecule has 6 heteroatoms. The third kappa shape index (κ3) is 4.68. The lowest BCUT2D eigenvalue weighted by Gasteiger charge is -2.33.